The Kier molecular flexibility index (Phi) is 8.74. The summed E-state index contributed by atoms with van der Waals surface area (Å²) in [6.45, 7) is 4.36. The van der Waals surface area contributed by atoms with Crippen LogP contribution in [0.5, 0.6) is 0 Å². The summed E-state index contributed by atoms with van der Waals surface area (Å²) in [5, 5.41) is 3.02. The van der Waals surface area contributed by atoms with Crippen LogP contribution in [0, 0.1) is 5.92 Å². The molecule has 1 fully saturated rings. The summed E-state index contributed by atoms with van der Waals surface area (Å²) in [7, 11) is 0. The summed E-state index contributed by atoms with van der Waals surface area (Å²) in [5.41, 5.74) is 0. The first-order valence-electron chi connectivity index (χ1n) is 7.73. The normalized spacial score (nSPS) is 18.9. The second-order valence-electron chi connectivity index (χ2n) is 5.46. The number of hydrogen-bond acceptors (Lipinski definition) is 3. The number of carbonyl (C=O) groups is 2. The topological polar surface area (TPSA) is 49.4 Å². The van der Waals surface area contributed by atoms with E-state index in [9.17, 15) is 9.59 Å². The summed E-state index contributed by atoms with van der Waals surface area (Å²) in [4.78, 5) is 25.8. The first kappa shape index (κ1) is 17.3. The number of unbranched alkanes of at least 4 members (excludes halogenated alkanes) is 3. The van der Waals surface area contributed by atoms with Crippen molar-refractivity contribution in [3.05, 3.63) is 0 Å². The number of hydrogen-bond donors (Lipinski definition) is 1. The van der Waals surface area contributed by atoms with Crippen LogP contribution in [0.1, 0.15) is 45.4 Å². The molecule has 1 N–H and O–H groups in total. The minimum atomic E-state index is -0.0132. The molecule has 5 heteroatoms. The minimum absolute atomic E-state index is 0.0132. The van der Waals surface area contributed by atoms with Crippen molar-refractivity contribution in [1.29, 1.82) is 0 Å². The van der Waals surface area contributed by atoms with Gasteiger partial charge in [0.15, 0.2) is 0 Å². The molecule has 116 valence electrons. The van der Waals surface area contributed by atoms with Gasteiger partial charge in [0.05, 0.1) is 11.7 Å². The Morgan fingerprint density at radius 1 is 1.30 bits per heavy atom. The molecule has 2 amide bonds. The second-order valence-corrected chi connectivity index (χ2v) is 6.33. The molecule has 0 saturated carbocycles. The Labute approximate surface area is 127 Å². The van der Waals surface area contributed by atoms with E-state index >= 15 is 0 Å². The van der Waals surface area contributed by atoms with Gasteiger partial charge in [-0.05, 0) is 25.5 Å². The van der Waals surface area contributed by atoms with Crippen LogP contribution in [0.25, 0.3) is 0 Å². The number of carbonyl (C=O) groups excluding carboxylic acids is 2. The third-order valence-corrected chi connectivity index (χ3v) is 4.28. The molecule has 0 aliphatic carbocycles. The number of rotatable bonds is 8. The second kappa shape index (κ2) is 10.1. The van der Waals surface area contributed by atoms with Crippen LogP contribution >= 0.6 is 11.8 Å². The highest BCUT2D eigenvalue weighted by Gasteiger charge is 2.27. The van der Waals surface area contributed by atoms with Gasteiger partial charge in [0, 0.05) is 19.6 Å². The quantitative estimate of drug-likeness (QED) is 0.700. The van der Waals surface area contributed by atoms with E-state index < -0.39 is 0 Å². The van der Waals surface area contributed by atoms with Crippen LogP contribution in [0.2, 0.25) is 0 Å². The largest absolute Gasteiger partial charge is 0.356 e. The zero-order valence-electron chi connectivity index (χ0n) is 12.8. The van der Waals surface area contributed by atoms with Gasteiger partial charge in [-0.2, -0.15) is 11.8 Å². The summed E-state index contributed by atoms with van der Waals surface area (Å²) >= 11 is 1.54. The lowest BCUT2D eigenvalue weighted by atomic mass is 9.97. The molecule has 1 heterocycles. The Morgan fingerprint density at radius 2 is 2.10 bits per heavy atom. The van der Waals surface area contributed by atoms with Gasteiger partial charge < -0.3 is 10.2 Å². The third-order valence-electron chi connectivity index (χ3n) is 3.74. The van der Waals surface area contributed by atoms with E-state index in [0.29, 0.717) is 12.3 Å². The number of likely N-dealkylation sites (tertiary alicyclic amines) is 1. The first-order chi connectivity index (χ1) is 9.69. The van der Waals surface area contributed by atoms with E-state index in [0.717, 1.165) is 32.4 Å². The highest BCUT2D eigenvalue weighted by Crippen LogP contribution is 2.17. The lowest BCUT2D eigenvalue weighted by Gasteiger charge is -2.32. The number of nitrogens with zero attached hydrogens (tertiary/aromatic N) is 1. The summed E-state index contributed by atoms with van der Waals surface area (Å²) < 4.78 is 0. The number of amides is 2. The van der Waals surface area contributed by atoms with E-state index in [2.05, 4.69) is 12.2 Å². The van der Waals surface area contributed by atoms with Crippen molar-refractivity contribution in [1.82, 2.24) is 10.2 Å². The van der Waals surface area contributed by atoms with Crippen LogP contribution in [0.4, 0.5) is 0 Å². The Balaban J connectivity index is 2.27. The van der Waals surface area contributed by atoms with Gasteiger partial charge in [0.1, 0.15) is 0 Å². The van der Waals surface area contributed by atoms with Crippen molar-refractivity contribution in [3.8, 4) is 0 Å². The predicted molar refractivity (Wildman–Crippen MR) is 84.8 cm³/mol. The molecule has 4 nitrogen and oxygen atoms in total. The zero-order chi connectivity index (χ0) is 14.8. The molecule has 20 heavy (non-hydrogen) atoms. The SMILES string of the molecule is CCCCCCNC(=O)C1CCCN(C(=O)CSC)C1. The molecule has 1 aliphatic rings. The van der Waals surface area contributed by atoms with Crippen LogP contribution in [-0.2, 0) is 9.59 Å². The third kappa shape index (κ3) is 6.16. The molecule has 1 atom stereocenters. The van der Waals surface area contributed by atoms with Gasteiger partial charge in [-0.15, -0.1) is 0 Å². The van der Waals surface area contributed by atoms with E-state index in [4.69, 9.17) is 0 Å². The number of piperidine rings is 1. The molecule has 0 aromatic heterocycles. The van der Waals surface area contributed by atoms with E-state index in [-0.39, 0.29) is 17.7 Å². The monoisotopic (exact) mass is 300 g/mol. The Morgan fingerprint density at radius 3 is 2.80 bits per heavy atom. The molecule has 0 aromatic carbocycles. The maximum Gasteiger partial charge on any atom is 0.232 e. The molecule has 0 spiro atoms. The first-order valence-corrected chi connectivity index (χ1v) is 9.12. The Bertz CT molecular complexity index is 310. The molecule has 1 rings (SSSR count). The number of thioether (sulfide) groups is 1. The molecule has 0 aromatic rings. The summed E-state index contributed by atoms with van der Waals surface area (Å²) in [5.74, 6) is 0.799. The highest BCUT2D eigenvalue weighted by atomic mass is 32.2. The fraction of sp³-hybridized carbons (Fsp3) is 0.867. The average molecular weight is 300 g/mol. The van der Waals surface area contributed by atoms with Crippen LogP contribution in [0.15, 0.2) is 0 Å². The molecular formula is C15H28N2O2S. The number of nitrogens with one attached hydrogen (secondary N) is 1. The van der Waals surface area contributed by atoms with Crippen molar-refractivity contribution >= 4 is 23.6 Å². The van der Waals surface area contributed by atoms with Crippen molar-refractivity contribution in [2.24, 2.45) is 5.92 Å². The summed E-state index contributed by atoms with van der Waals surface area (Å²) in [6, 6.07) is 0. The van der Waals surface area contributed by atoms with E-state index in [1.807, 2.05) is 11.2 Å². The van der Waals surface area contributed by atoms with Gasteiger partial charge in [0.25, 0.3) is 0 Å². The van der Waals surface area contributed by atoms with Gasteiger partial charge in [0.2, 0.25) is 11.8 Å². The van der Waals surface area contributed by atoms with Crippen molar-refractivity contribution in [3.63, 3.8) is 0 Å². The van der Waals surface area contributed by atoms with Gasteiger partial charge >= 0.3 is 0 Å². The standard InChI is InChI=1S/C15H28N2O2S/c1-3-4-5-6-9-16-15(19)13-8-7-10-17(11-13)14(18)12-20-2/h13H,3-12H2,1-2H3,(H,16,19). The lowest BCUT2D eigenvalue weighted by molar-refractivity contribution is -0.133. The molecule has 0 radical (unpaired) electrons. The van der Waals surface area contributed by atoms with Gasteiger partial charge in [-0.3, -0.25) is 9.59 Å². The zero-order valence-corrected chi connectivity index (χ0v) is 13.6. The van der Waals surface area contributed by atoms with Crippen molar-refractivity contribution in [2.45, 2.75) is 45.4 Å². The van der Waals surface area contributed by atoms with Crippen molar-refractivity contribution < 1.29 is 9.59 Å². The maximum atomic E-state index is 12.1. The molecule has 0 bridgehead atoms. The smallest absolute Gasteiger partial charge is 0.232 e. The maximum absolute atomic E-state index is 12.1. The van der Waals surface area contributed by atoms with E-state index in [1.165, 1.54) is 19.3 Å². The molecular weight excluding hydrogens is 272 g/mol. The molecule has 1 unspecified atom stereocenters. The van der Waals surface area contributed by atoms with Crippen LogP contribution < -0.4 is 5.32 Å². The highest BCUT2D eigenvalue weighted by molar-refractivity contribution is 7.99. The van der Waals surface area contributed by atoms with Gasteiger partial charge in [-0.25, -0.2) is 0 Å². The van der Waals surface area contributed by atoms with Gasteiger partial charge in [-0.1, -0.05) is 26.2 Å². The minimum Gasteiger partial charge on any atom is -0.356 e. The molecule has 1 saturated heterocycles. The fourth-order valence-corrected chi connectivity index (χ4v) is 2.97. The van der Waals surface area contributed by atoms with E-state index in [1.54, 1.807) is 11.8 Å². The lowest BCUT2D eigenvalue weighted by Crippen LogP contribution is -2.46. The van der Waals surface area contributed by atoms with Crippen LogP contribution in [0.3, 0.4) is 0 Å². The van der Waals surface area contributed by atoms with Crippen molar-refractivity contribution in [2.75, 3.05) is 31.6 Å². The Hall–Kier alpha value is -0.710. The average Bonchev–Trinajstić information content (AvgIpc) is 2.47. The molecule has 1 aliphatic heterocycles. The van der Waals surface area contributed by atoms with Crippen LogP contribution in [-0.4, -0.2) is 48.4 Å². The predicted octanol–water partition coefficient (Wildman–Crippen LogP) is 2.28. The fourth-order valence-electron chi connectivity index (χ4n) is 2.54. The summed E-state index contributed by atoms with van der Waals surface area (Å²) in [6.07, 6.45) is 8.46.